The molecule has 2 aliphatic rings. The Balaban J connectivity index is 1.60. The molecule has 1 amide bonds. The van der Waals surface area contributed by atoms with E-state index in [1.165, 1.54) is 0 Å². The van der Waals surface area contributed by atoms with E-state index in [1.807, 2.05) is 30.3 Å². The molecule has 3 rings (SSSR count). The lowest BCUT2D eigenvalue weighted by Gasteiger charge is -2.33. The van der Waals surface area contributed by atoms with Gasteiger partial charge in [-0.25, -0.2) is 4.79 Å². The minimum atomic E-state index is -1.38. The molecule has 1 heterocycles. The molecule has 1 aliphatic carbocycles. The number of carbonyl (C=O) groups excluding carboxylic acids is 1. The fourth-order valence-corrected chi connectivity index (χ4v) is 4.79. The Bertz CT molecular complexity index is 721. The molecule has 1 aromatic rings. The van der Waals surface area contributed by atoms with Crippen molar-refractivity contribution in [1.29, 1.82) is 0 Å². The SMILES string of the molecule is O=C(O)O[C@H]1C[C@@H]2CCCC[C@@H]2N1C(=O)CCC(CCc1ccccc1)C(=O)O. The van der Waals surface area contributed by atoms with Crippen LogP contribution < -0.4 is 0 Å². The topological polar surface area (TPSA) is 104 Å². The highest BCUT2D eigenvalue weighted by Gasteiger charge is 2.46. The van der Waals surface area contributed by atoms with E-state index in [0.29, 0.717) is 19.3 Å². The number of carbonyl (C=O) groups is 3. The van der Waals surface area contributed by atoms with E-state index in [4.69, 9.17) is 9.84 Å². The van der Waals surface area contributed by atoms with Gasteiger partial charge in [-0.3, -0.25) is 9.59 Å². The molecule has 1 aromatic carbocycles. The predicted molar refractivity (Wildman–Crippen MR) is 105 cm³/mol. The highest BCUT2D eigenvalue weighted by atomic mass is 16.7. The van der Waals surface area contributed by atoms with Gasteiger partial charge in [0.1, 0.15) is 0 Å². The van der Waals surface area contributed by atoms with Gasteiger partial charge in [0.25, 0.3) is 0 Å². The maximum absolute atomic E-state index is 13.0. The van der Waals surface area contributed by atoms with Crippen molar-refractivity contribution < 1.29 is 29.3 Å². The van der Waals surface area contributed by atoms with Gasteiger partial charge < -0.3 is 19.8 Å². The monoisotopic (exact) mass is 403 g/mol. The minimum Gasteiger partial charge on any atom is -0.481 e. The van der Waals surface area contributed by atoms with E-state index >= 15 is 0 Å². The summed E-state index contributed by atoms with van der Waals surface area (Å²) < 4.78 is 5.00. The molecule has 0 radical (unpaired) electrons. The maximum Gasteiger partial charge on any atom is 0.507 e. The smallest absolute Gasteiger partial charge is 0.481 e. The van der Waals surface area contributed by atoms with Crippen LogP contribution in [0.5, 0.6) is 0 Å². The number of hydrogen-bond acceptors (Lipinski definition) is 4. The molecular weight excluding hydrogens is 374 g/mol. The lowest BCUT2D eigenvalue weighted by atomic mass is 9.85. The molecule has 2 fully saturated rings. The average Bonchev–Trinajstić information content (AvgIpc) is 3.05. The second-order valence-electron chi connectivity index (χ2n) is 8.09. The summed E-state index contributed by atoms with van der Waals surface area (Å²) in [6, 6.07) is 9.70. The minimum absolute atomic E-state index is 0.00759. The summed E-state index contributed by atoms with van der Waals surface area (Å²) in [5.41, 5.74) is 1.07. The third kappa shape index (κ3) is 5.49. The lowest BCUT2D eigenvalue weighted by molar-refractivity contribution is -0.144. The molecule has 1 saturated carbocycles. The number of rotatable bonds is 8. The number of nitrogens with zero attached hydrogens (tertiary/aromatic N) is 1. The summed E-state index contributed by atoms with van der Waals surface area (Å²) in [5.74, 6) is -1.44. The zero-order valence-electron chi connectivity index (χ0n) is 16.5. The summed E-state index contributed by atoms with van der Waals surface area (Å²) >= 11 is 0. The molecule has 158 valence electrons. The third-order valence-electron chi connectivity index (χ3n) is 6.25. The maximum atomic E-state index is 13.0. The van der Waals surface area contributed by atoms with E-state index in [-0.39, 0.29) is 30.7 Å². The largest absolute Gasteiger partial charge is 0.507 e. The predicted octanol–water partition coefficient (Wildman–Crippen LogP) is 3.91. The Kier molecular flexibility index (Phi) is 7.12. The number of ether oxygens (including phenoxy) is 1. The van der Waals surface area contributed by atoms with Crippen LogP contribution in [0.2, 0.25) is 0 Å². The van der Waals surface area contributed by atoms with E-state index in [9.17, 15) is 19.5 Å². The summed E-state index contributed by atoms with van der Waals surface area (Å²) in [7, 11) is 0. The number of fused-ring (bicyclic) bond motifs is 1. The summed E-state index contributed by atoms with van der Waals surface area (Å²) in [5, 5.41) is 18.6. The van der Waals surface area contributed by atoms with Crippen molar-refractivity contribution in [3.05, 3.63) is 35.9 Å². The Morgan fingerprint density at radius 1 is 1.07 bits per heavy atom. The van der Waals surface area contributed by atoms with Crippen LogP contribution in [0.15, 0.2) is 30.3 Å². The number of benzene rings is 1. The van der Waals surface area contributed by atoms with Crippen LogP contribution in [0.4, 0.5) is 4.79 Å². The Labute approximate surface area is 170 Å². The van der Waals surface area contributed by atoms with Gasteiger partial charge in [0.05, 0.1) is 5.92 Å². The molecule has 7 nitrogen and oxygen atoms in total. The highest BCUT2D eigenvalue weighted by molar-refractivity contribution is 5.78. The fourth-order valence-electron chi connectivity index (χ4n) is 4.79. The molecule has 7 heteroatoms. The van der Waals surface area contributed by atoms with Gasteiger partial charge in [0.2, 0.25) is 5.91 Å². The van der Waals surface area contributed by atoms with E-state index in [0.717, 1.165) is 31.2 Å². The van der Waals surface area contributed by atoms with Crippen LogP contribution in [0.25, 0.3) is 0 Å². The van der Waals surface area contributed by atoms with Gasteiger partial charge in [-0.1, -0.05) is 43.2 Å². The molecule has 2 N–H and O–H groups in total. The standard InChI is InChI=1S/C22H29NO6/c24-19(13-12-16(21(25)26)11-10-15-6-2-1-3-7-15)23-18-9-5-4-8-17(18)14-20(23)29-22(27)28/h1-3,6-7,16-18,20H,4-5,8-14H2,(H,25,26)(H,27,28)/t16?,17-,18-,20-/m0/s1. The number of aliphatic carboxylic acids is 1. The number of aryl methyl sites for hydroxylation is 1. The summed E-state index contributed by atoms with van der Waals surface area (Å²) in [6.45, 7) is 0. The number of hydrogen-bond donors (Lipinski definition) is 2. The van der Waals surface area contributed by atoms with Crippen LogP contribution >= 0.6 is 0 Å². The van der Waals surface area contributed by atoms with Gasteiger partial charge >= 0.3 is 12.1 Å². The van der Waals surface area contributed by atoms with Gasteiger partial charge in [0, 0.05) is 18.9 Å². The number of carboxylic acid groups (broad SMARTS) is 2. The van der Waals surface area contributed by atoms with Crippen molar-refractivity contribution in [3.63, 3.8) is 0 Å². The van der Waals surface area contributed by atoms with Crippen LogP contribution in [0.1, 0.15) is 56.9 Å². The van der Waals surface area contributed by atoms with Gasteiger partial charge in [-0.2, -0.15) is 0 Å². The summed E-state index contributed by atoms with van der Waals surface area (Å²) in [4.78, 5) is 37.3. The zero-order chi connectivity index (χ0) is 20.8. The number of amides is 1. The Morgan fingerprint density at radius 3 is 2.48 bits per heavy atom. The molecule has 4 atom stereocenters. The molecular formula is C22H29NO6. The number of carboxylic acids is 1. The van der Waals surface area contributed by atoms with Crippen molar-refractivity contribution in [3.8, 4) is 0 Å². The lowest BCUT2D eigenvalue weighted by Crippen LogP contribution is -2.44. The average molecular weight is 403 g/mol. The normalized spacial score (nSPS) is 24.6. The van der Waals surface area contributed by atoms with Crippen molar-refractivity contribution in [2.24, 2.45) is 11.8 Å². The first-order valence-corrected chi connectivity index (χ1v) is 10.4. The Hall–Kier alpha value is -2.57. The van der Waals surface area contributed by atoms with Gasteiger partial charge in [-0.05, 0) is 43.6 Å². The Morgan fingerprint density at radius 2 is 1.79 bits per heavy atom. The first-order valence-electron chi connectivity index (χ1n) is 10.4. The molecule has 0 spiro atoms. The van der Waals surface area contributed by atoms with Crippen molar-refractivity contribution >= 4 is 18.0 Å². The first kappa shape index (κ1) is 21.1. The fraction of sp³-hybridized carbons (Fsp3) is 0.591. The van der Waals surface area contributed by atoms with Crippen LogP contribution in [0, 0.1) is 11.8 Å². The quantitative estimate of drug-likeness (QED) is 0.638. The molecule has 0 aromatic heterocycles. The highest BCUT2D eigenvalue weighted by Crippen LogP contribution is 2.40. The van der Waals surface area contributed by atoms with E-state index in [2.05, 4.69) is 0 Å². The molecule has 29 heavy (non-hydrogen) atoms. The van der Waals surface area contributed by atoms with Crippen molar-refractivity contribution in [2.75, 3.05) is 0 Å². The van der Waals surface area contributed by atoms with E-state index in [1.54, 1.807) is 4.90 Å². The van der Waals surface area contributed by atoms with Gasteiger partial charge in [0.15, 0.2) is 6.23 Å². The summed E-state index contributed by atoms with van der Waals surface area (Å²) in [6.07, 6.45) is 3.79. The van der Waals surface area contributed by atoms with E-state index < -0.39 is 24.3 Å². The second-order valence-corrected chi connectivity index (χ2v) is 8.09. The molecule has 1 saturated heterocycles. The molecule has 1 aliphatic heterocycles. The second kappa shape index (κ2) is 9.76. The first-order chi connectivity index (χ1) is 14.0. The molecule has 1 unspecified atom stereocenters. The third-order valence-corrected chi connectivity index (χ3v) is 6.25. The van der Waals surface area contributed by atoms with Gasteiger partial charge in [-0.15, -0.1) is 0 Å². The molecule has 0 bridgehead atoms. The van der Waals surface area contributed by atoms with Crippen molar-refractivity contribution in [2.45, 2.75) is 70.1 Å². The number of likely N-dealkylation sites (tertiary alicyclic amines) is 1. The zero-order valence-corrected chi connectivity index (χ0v) is 16.5. The van der Waals surface area contributed by atoms with Crippen LogP contribution in [-0.4, -0.2) is 45.4 Å². The van der Waals surface area contributed by atoms with Crippen molar-refractivity contribution in [1.82, 2.24) is 4.90 Å². The van der Waals surface area contributed by atoms with Crippen LogP contribution in [-0.2, 0) is 20.7 Å². The van der Waals surface area contributed by atoms with Crippen LogP contribution in [0.3, 0.4) is 0 Å².